The Bertz CT molecular complexity index is 122. The van der Waals surface area contributed by atoms with E-state index in [0.717, 1.165) is 0 Å². The van der Waals surface area contributed by atoms with Crippen molar-refractivity contribution in [1.82, 2.24) is 0 Å². The molecule has 0 unspecified atom stereocenters. The summed E-state index contributed by atoms with van der Waals surface area (Å²) in [6, 6.07) is 0. The Balaban J connectivity index is 2.90. The van der Waals surface area contributed by atoms with Gasteiger partial charge in [0.2, 0.25) is 0 Å². The van der Waals surface area contributed by atoms with Crippen LogP contribution in [-0.2, 0) is 19.1 Å². The maximum atomic E-state index is 9.87. The van der Waals surface area contributed by atoms with Gasteiger partial charge in [-0.1, -0.05) is 0 Å². The van der Waals surface area contributed by atoms with Gasteiger partial charge in [-0.2, -0.15) is 0 Å². The van der Waals surface area contributed by atoms with E-state index in [1.165, 1.54) is 0 Å². The molecular weight excluding hydrogens is 152 g/mol. The van der Waals surface area contributed by atoms with Crippen LogP contribution >= 0.6 is 0 Å². The number of ether oxygens (including phenoxy) is 2. The van der Waals surface area contributed by atoms with Crippen LogP contribution in [0.3, 0.4) is 0 Å². The zero-order chi connectivity index (χ0) is 8.53. The summed E-state index contributed by atoms with van der Waals surface area (Å²) >= 11 is 0. The maximum absolute atomic E-state index is 9.87. The molecule has 0 aliphatic rings. The number of rotatable bonds is 7. The lowest BCUT2D eigenvalue weighted by Gasteiger charge is -1.99. The fraction of sp³-hybridized carbons (Fsp3) is 0.667. The molecule has 0 saturated heterocycles. The molecule has 0 aromatic carbocycles. The van der Waals surface area contributed by atoms with E-state index in [1.54, 1.807) is 0 Å². The van der Waals surface area contributed by atoms with E-state index >= 15 is 0 Å². The molecule has 0 aromatic rings. The molecule has 0 aromatic heterocycles. The van der Waals surface area contributed by atoms with Crippen molar-refractivity contribution < 1.29 is 24.2 Å². The molecule has 0 aliphatic carbocycles. The van der Waals surface area contributed by atoms with Crippen LogP contribution in [0.25, 0.3) is 0 Å². The third-order valence-corrected chi connectivity index (χ3v) is 0.783. The van der Waals surface area contributed by atoms with Gasteiger partial charge in [0.25, 0.3) is 0 Å². The van der Waals surface area contributed by atoms with Crippen molar-refractivity contribution in [3.05, 3.63) is 0 Å². The average Bonchev–Trinajstić information content (AvgIpc) is 1.96. The molecule has 0 fully saturated rings. The number of carboxylic acids is 1. The van der Waals surface area contributed by atoms with E-state index in [0.29, 0.717) is 6.29 Å². The fourth-order valence-corrected chi connectivity index (χ4v) is 0.409. The molecule has 0 spiro atoms. The Morgan fingerprint density at radius 2 is 2.00 bits per heavy atom. The van der Waals surface area contributed by atoms with Crippen molar-refractivity contribution in [3.63, 3.8) is 0 Å². The minimum absolute atomic E-state index is 0.0242. The van der Waals surface area contributed by atoms with Gasteiger partial charge in [-0.25, -0.2) is 4.79 Å². The highest BCUT2D eigenvalue weighted by Gasteiger charge is 1.94. The molecule has 64 valence electrons. The molecule has 0 atom stereocenters. The normalized spacial score (nSPS) is 9.45. The van der Waals surface area contributed by atoms with Crippen molar-refractivity contribution in [2.24, 2.45) is 0 Å². The molecule has 0 bridgehead atoms. The number of aliphatic carboxylic acids is 1. The molecule has 5 heteroatoms. The van der Waals surface area contributed by atoms with E-state index in [4.69, 9.17) is 5.11 Å². The van der Waals surface area contributed by atoms with Gasteiger partial charge in [-0.05, 0) is 0 Å². The monoisotopic (exact) mass is 162 g/mol. The second kappa shape index (κ2) is 7.17. The highest BCUT2D eigenvalue weighted by Crippen LogP contribution is 1.76. The first-order valence-corrected chi connectivity index (χ1v) is 3.08. The summed E-state index contributed by atoms with van der Waals surface area (Å²) in [6.45, 7) is 0.132. The fourth-order valence-electron chi connectivity index (χ4n) is 0.409. The summed E-state index contributed by atoms with van der Waals surface area (Å²) in [7, 11) is 0. The van der Waals surface area contributed by atoms with Crippen molar-refractivity contribution >= 4 is 12.3 Å². The topological polar surface area (TPSA) is 72.8 Å². The van der Waals surface area contributed by atoms with E-state index in [1.807, 2.05) is 0 Å². The van der Waals surface area contributed by atoms with E-state index < -0.39 is 5.97 Å². The zero-order valence-corrected chi connectivity index (χ0v) is 5.99. The number of hydrogen-bond donors (Lipinski definition) is 1. The van der Waals surface area contributed by atoms with Gasteiger partial charge in [0.1, 0.15) is 19.5 Å². The predicted octanol–water partition coefficient (Wildman–Crippen LogP) is -0.697. The summed E-state index contributed by atoms with van der Waals surface area (Å²) in [4.78, 5) is 19.6. The van der Waals surface area contributed by atoms with Gasteiger partial charge in [0.15, 0.2) is 0 Å². The van der Waals surface area contributed by atoms with Crippen LogP contribution in [0, 0.1) is 0 Å². The molecule has 0 radical (unpaired) electrons. The van der Waals surface area contributed by atoms with Crippen molar-refractivity contribution in [3.8, 4) is 0 Å². The van der Waals surface area contributed by atoms with E-state index in [-0.39, 0.29) is 26.4 Å². The van der Waals surface area contributed by atoms with Crippen molar-refractivity contribution in [2.75, 3.05) is 26.4 Å². The quantitative estimate of drug-likeness (QED) is 0.396. The summed E-state index contributed by atoms with van der Waals surface area (Å²) in [5, 5.41) is 8.09. The summed E-state index contributed by atoms with van der Waals surface area (Å²) in [6.07, 6.45) is 0.622. The first kappa shape index (κ1) is 10.1. The lowest BCUT2D eigenvalue weighted by atomic mass is 10.7. The van der Waals surface area contributed by atoms with Crippen LogP contribution in [0.5, 0.6) is 0 Å². The number of aldehydes is 1. The third-order valence-electron chi connectivity index (χ3n) is 0.783. The smallest absolute Gasteiger partial charge is 0.329 e. The largest absolute Gasteiger partial charge is 0.480 e. The van der Waals surface area contributed by atoms with Crippen LogP contribution in [-0.4, -0.2) is 43.8 Å². The molecule has 0 saturated carbocycles. The molecule has 1 N–H and O–H groups in total. The van der Waals surface area contributed by atoms with Crippen LogP contribution in [0.15, 0.2) is 0 Å². The SMILES string of the molecule is O=CCOCCOCC(=O)O. The summed E-state index contributed by atoms with van der Waals surface area (Å²) < 4.78 is 9.28. The van der Waals surface area contributed by atoms with Crippen LogP contribution in [0.4, 0.5) is 0 Å². The number of carbonyl (C=O) groups excluding carboxylic acids is 1. The molecular formula is C6H10O5. The molecule has 0 aliphatic heterocycles. The summed E-state index contributed by atoms with van der Waals surface area (Å²) in [5.41, 5.74) is 0. The number of hydrogen-bond acceptors (Lipinski definition) is 4. The predicted molar refractivity (Wildman–Crippen MR) is 35.3 cm³/mol. The summed E-state index contributed by atoms with van der Waals surface area (Å²) in [5.74, 6) is -1.01. The number of carbonyl (C=O) groups is 2. The standard InChI is InChI=1S/C6H10O5/c7-1-2-10-3-4-11-5-6(8)9/h1H,2-5H2,(H,8,9). The second-order valence-electron chi connectivity index (χ2n) is 1.69. The molecule has 0 heterocycles. The Hall–Kier alpha value is -0.940. The van der Waals surface area contributed by atoms with Gasteiger partial charge < -0.3 is 19.4 Å². The van der Waals surface area contributed by atoms with Crippen LogP contribution < -0.4 is 0 Å². The van der Waals surface area contributed by atoms with E-state index in [9.17, 15) is 9.59 Å². The lowest BCUT2D eigenvalue weighted by molar-refractivity contribution is -0.142. The van der Waals surface area contributed by atoms with Gasteiger partial charge in [-0.15, -0.1) is 0 Å². The lowest BCUT2D eigenvalue weighted by Crippen LogP contribution is -2.11. The maximum Gasteiger partial charge on any atom is 0.329 e. The molecule has 0 rings (SSSR count). The first-order chi connectivity index (χ1) is 5.27. The van der Waals surface area contributed by atoms with Crippen LogP contribution in [0.2, 0.25) is 0 Å². The minimum Gasteiger partial charge on any atom is -0.480 e. The van der Waals surface area contributed by atoms with Gasteiger partial charge in [-0.3, -0.25) is 0 Å². The Labute approximate surface area is 63.9 Å². The van der Waals surface area contributed by atoms with E-state index in [2.05, 4.69) is 9.47 Å². The minimum atomic E-state index is -1.01. The van der Waals surface area contributed by atoms with Gasteiger partial charge in [0.05, 0.1) is 13.2 Å². The molecule has 5 nitrogen and oxygen atoms in total. The first-order valence-electron chi connectivity index (χ1n) is 3.08. The van der Waals surface area contributed by atoms with Crippen LogP contribution in [0.1, 0.15) is 0 Å². The highest BCUT2D eigenvalue weighted by atomic mass is 16.5. The van der Waals surface area contributed by atoms with Crippen molar-refractivity contribution in [1.29, 1.82) is 0 Å². The molecule has 0 amide bonds. The highest BCUT2D eigenvalue weighted by molar-refractivity contribution is 5.67. The number of carboxylic acid groups (broad SMARTS) is 1. The van der Waals surface area contributed by atoms with Gasteiger partial charge in [0, 0.05) is 0 Å². The van der Waals surface area contributed by atoms with Gasteiger partial charge >= 0.3 is 5.97 Å². The average molecular weight is 162 g/mol. The Kier molecular flexibility index (Phi) is 6.56. The molecule has 11 heavy (non-hydrogen) atoms. The van der Waals surface area contributed by atoms with Crippen molar-refractivity contribution in [2.45, 2.75) is 0 Å². The second-order valence-corrected chi connectivity index (χ2v) is 1.69. The Morgan fingerprint density at radius 3 is 2.55 bits per heavy atom. The zero-order valence-electron chi connectivity index (χ0n) is 5.99. The Morgan fingerprint density at radius 1 is 1.36 bits per heavy atom. The third kappa shape index (κ3) is 9.06.